The maximum atomic E-state index is 14.9. The van der Waals surface area contributed by atoms with Crippen molar-refractivity contribution in [1.82, 2.24) is 20.2 Å². The fourth-order valence-corrected chi connectivity index (χ4v) is 5.24. The molecule has 15 heteroatoms. The standard InChI is InChI=1S/C30H25F4N7O3S/c1-17(2)23-11-4-18(3)12-25(23)41-26(42)15-45-29(41)37-28(43)38-36-14-20-6-5-19(13-24(20)31)27-35-16-40(39-27)21-7-9-22(10-8-21)44-30(32,33)34/h4-14,16-17H,15H2,1-3H3,(H,38,43)/b36-14+,37-29-. The molecule has 232 valence electrons. The minimum absolute atomic E-state index is 0.0553. The van der Waals surface area contributed by atoms with Gasteiger partial charge in [0.1, 0.15) is 17.9 Å². The first-order valence-electron chi connectivity index (χ1n) is 13.4. The van der Waals surface area contributed by atoms with Gasteiger partial charge in [-0.1, -0.05) is 43.8 Å². The fraction of sp³-hybridized carbons (Fsp3) is 0.200. The Morgan fingerprint density at radius 1 is 1.11 bits per heavy atom. The molecule has 45 heavy (non-hydrogen) atoms. The van der Waals surface area contributed by atoms with Gasteiger partial charge in [-0.2, -0.15) is 10.1 Å². The molecule has 0 atom stereocenters. The zero-order valence-electron chi connectivity index (χ0n) is 24.0. The van der Waals surface area contributed by atoms with E-state index in [-0.39, 0.29) is 39.9 Å². The molecule has 1 saturated heterocycles. The van der Waals surface area contributed by atoms with Gasteiger partial charge >= 0.3 is 12.4 Å². The van der Waals surface area contributed by atoms with Crippen LogP contribution < -0.4 is 15.1 Å². The Morgan fingerprint density at radius 2 is 1.87 bits per heavy atom. The van der Waals surface area contributed by atoms with E-state index in [9.17, 15) is 27.2 Å². The van der Waals surface area contributed by atoms with Crippen molar-refractivity contribution in [3.8, 4) is 22.8 Å². The van der Waals surface area contributed by atoms with E-state index in [1.54, 1.807) is 6.07 Å². The lowest BCUT2D eigenvalue weighted by atomic mass is 9.99. The Hall–Kier alpha value is -5.05. The van der Waals surface area contributed by atoms with Crippen LogP contribution in [0.3, 0.4) is 0 Å². The Kier molecular flexibility index (Phi) is 8.99. The Labute approximate surface area is 258 Å². The van der Waals surface area contributed by atoms with Crippen molar-refractivity contribution in [1.29, 1.82) is 0 Å². The lowest BCUT2D eigenvalue weighted by molar-refractivity contribution is -0.274. The van der Waals surface area contributed by atoms with Crippen LogP contribution in [0.4, 0.5) is 28.0 Å². The van der Waals surface area contributed by atoms with Gasteiger partial charge in [0, 0.05) is 11.1 Å². The summed E-state index contributed by atoms with van der Waals surface area (Å²) in [6.45, 7) is 5.94. The number of aliphatic imine (C=N–C) groups is 1. The molecule has 0 aliphatic carbocycles. The quantitative estimate of drug-likeness (QED) is 0.139. The average molecular weight is 640 g/mol. The highest BCUT2D eigenvalue weighted by Gasteiger charge is 2.33. The third-order valence-electron chi connectivity index (χ3n) is 6.46. The summed E-state index contributed by atoms with van der Waals surface area (Å²) in [7, 11) is 0. The van der Waals surface area contributed by atoms with Gasteiger partial charge in [-0.05, 0) is 66.4 Å². The van der Waals surface area contributed by atoms with Crippen LogP contribution in [0.25, 0.3) is 17.1 Å². The Balaban J connectivity index is 1.25. The highest BCUT2D eigenvalue weighted by molar-refractivity contribution is 8.15. The van der Waals surface area contributed by atoms with Crippen LogP contribution >= 0.6 is 11.8 Å². The number of rotatable bonds is 7. The zero-order chi connectivity index (χ0) is 32.3. The molecular formula is C30H25F4N7O3S. The summed E-state index contributed by atoms with van der Waals surface area (Å²) >= 11 is 1.14. The number of thioether (sulfide) groups is 1. The van der Waals surface area contributed by atoms with Gasteiger partial charge in [0.2, 0.25) is 5.91 Å². The summed E-state index contributed by atoms with van der Waals surface area (Å²) in [5.41, 5.74) is 5.60. The molecule has 0 spiro atoms. The molecule has 10 nitrogen and oxygen atoms in total. The maximum Gasteiger partial charge on any atom is 0.573 e. The molecule has 0 radical (unpaired) electrons. The summed E-state index contributed by atoms with van der Waals surface area (Å²) in [4.78, 5) is 34.9. The number of urea groups is 1. The van der Waals surface area contributed by atoms with Crippen molar-refractivity contribution in [3.05, 3.63) is 89.5 Å². The smallest absolute Gasteiger partial charge is 0.406 e. The minimum atomic E-state index is -4.80. The molecule has 4 aromatic rings. The highest BCUT2D eigenvalue weighted by atomic mass is 32.2. The normalized spacial score (nSPS) is 14.6. The summed E-state index contributed by atoms with van der Waals surface area (Å²) in [5, 5.41) is 8.27. The van der Waals surface area contributed by atoms with E-state index in [1.165, 1.54) is 40.2 Å². The van der Waals surface area contributed by atoms with Gasteiger partial charge in [0.05, 0.1) is 23.3 Å². The molecule has 1 aliphatic rings. The second kappa shape index (κ2) is 12.9. The number of halogens is 4. The number of carbonyl (C=O) groups excluding carboxylic acids is 2. The maximum absolute atomic E-state index is 14.9. The number of benzene rings is 3. The van der Waals surface area contributed by atoms with Crippen LogP contribution in [0.1, 0.15) is 36.5 Å². The van der Waals surface area contributed by atoms with Crippen LogP contribution in [0.5, 0.6) is 5.75 Å². The first-order valence-corrected chi connectivity index (χ1v) is 14.4. The number of nitrogens with one attached hydrogen (secondary N) is 1. The van der Waals surface area contributed by atoms with Crippen LogP contribution in [-0.2, 0) is 4.79 Å². The summed E-state index contributed by atoms with van der Waals surface area (Å²) in [5.74, 6) is -0.822. The SMILES string of the molecule is Cc1ccc(C(C)C)c(N2C(=O)CS/C2=N\C(=O)N/N=C/c2ccc(-c3ncn(-c4ccc(OC(F)(F)F)cc4)n3)cc2F)c1. The topological polar surface area (TPSA) is 114 Å². The lowest BCUT2D eigenvalue weighted by Crippen LogP contribution is -2.31. The van der Waals surface area contributed by atoms with Crippen molar-refractivity contribution < 1.29 is 31.9 Å². The van der Waals surface area contributed by atoms with Crippen molar-refractivity contribution in [3.63, 3.8) is 0 Å². The third kappa shape index (κ3) is 7.55. The molecule has 1 N–H and O–H groups in total. The van der Waals surface area contributed by atoms with E-state index < -0.39 is 18.2 Å². The van der Waals surface area contributed by atoms with E-state index >= 15 is 0 Å². The van der Waals surface area contributed by atoms with E-state index in [2.05, 4.69) is 30.3 Å². The Morgan fingerprint density at radius 3 is 2.56 bits per heavy atom. The molecule has 0 unspecified atom stereocenters. The molecule has 2 heterocycles. The first-order chi connectivity index (χ1) is 21.4. The van der Waals surface area contributed by atoms with Gasteiger partial charge in [0.25, 0.3) is 0 Å². The number of hydrogen-bond acceptors (Lipinski definition) is 7. The molecule has 5 rings (SSSR count). The number of aromatic nitrogens is 3. The minimum Gasteiger partial charge on any atom is -0.406 e. The molecule has 0 saturated carbocycles. The number of hydrogen-bond donors (Lipinski definition) is 1. The zero-order valence-corrected chi connectivity index (χ0v) is 24.9. The molecule has 1 fully saturated rings. The Bertz CT molecular complexity index is 1800. The van der Waals surface area contributed by atoms with E-state index in [0.717, 1.165) is 41.2 Å². The van der Waals surface area contributed by atoms with Gasteiger partial charge in [-0.15, -0.1) is 18.3 Å². The lowest BCUT2D eigenvalue weighted by Gasteiger charge is -2.22. The summed E-state index contributed by atoms with van der Waals surface area (Å²) < 4.78 is 57.2. The number of hydrazone groups is 1. The second-order valence-electron chi connectivity index (χ2n) is 10.1. The number of amidine groups is 1. The first kappa shape index (κ1) is 31.4. The fourth-order valence-electron chi connectivity index (χ4n) is 4.38. The number of amides is 3. The van der Waals surface area contributed by atoms with Gasteiger partial charge < -0.3 is 4.74 Å². The van der Waals surface area contributed by atoms with Crippen molar-refractivity contribution in [2.24, 2.45) is 10.1 Å². The predicted molar refractivity (Wildman–Crippen MR) is 162 cm³/mol. The number of anilines is 1. The van der Waals surface area contributed by atoms with Gasteiger partial charge in [0.15, 0.2) is 11.0 Å². The second-order valence-corrected chi connectivity index (χ2v) is 11.0. The van der Waals surface area contributed by atoms with Crippen molar-refractivity contribution in [2.75, 3.05) is 10.7 Å². The number of alkyl halides is 3. The van der Waals surface area contributed by atoms with E-state index in [1.807, 2.05) is 39.0 Å². The molecule has 0 bridgehead atoms. The van der Waals surface area contributed by atoms with Gasteiger partial charge in [-0.3, -0.25) is 9.69 Å². The van der Waals surface area contributed by atoms with Gasteiger partial charge in [-0.25, -0.2) is 24.3 Å². The monoisotopic (exact) mass is 639 g/mol. The van der Waals surface area contributed by atoms with E-state index in [4.69, 9.17) is 0 Å². The van der Waals surface area contributed by atoms with Crippen LogP contribution in [0.2, 0.25) is 0 Å². The average Bonchev–Trinajstić information content (AvgIpc) is 3.60. The number of carbonyl (C=O) groups is 2. The molecule has 3 aromatic carbocycles. The number of aryl methyl sites for hydroxylation is 1. The van der Waals surface area contributed by atoms with E-state index in [0.29, 0.717) is 16.9 Å². The number of nitrogens with zero attached hydrogens (tertiary/aromatic N) is 6. The van der Waals surface area contributed by atoms with Crippen LogP contribution in [0, 0.1) is 12.7 Å². The van der Waals surface area contributed by atoms with Crippen LogP contribution in [-0.4, -0.2) is 50.2 Å². The predicted octanol–water partition coefficient (Wildman–Crippen LogP) is 6.58. The third-order valence-corrected chi connectivity index (χ3v) is 7.38. The molecule has 1 aliphatic heterocycles. The highest BCUT2D eigenvalue weighted by Crippen LogP contribution is 2.34. The summed E-state index contributed by atoms with van der Waals surface area (Å²) in [6, 6.07) is 14.1. The summed E-state index contributed by atoms with van der Waals surface area (Å²) in [6.07, 6.45) is -2.37. The van der Waals surface area contributed by atoms with Crippen molar-refractivity contribution >= 4 is 40.8 Å². The van der Waals surface area contributed by atoms with Crippen molar-refractivity contribution in [2.45, 2.75) is 33.1 Å². The van der Waals surface area contributed by atoms with Crippen LogP contribution in [0.15, 0.2) is 77.1 Å². The number of ether oxygens (including phenoxy) is 1. The molecule has 3 amide bonds. The molecule has 1 aromatic heterocycles. The largest absolute Gasteiger partial charge is 0.573 e. The molecular weight excluding hydrogens is 614 g/mol.